The highest BCUT2D eigenvalue weighted by Gasteiger charge is 2.14. The molecular formula is C20H20N4O3. The lowest BCUT2D eigenvalue weighted by Crippen LogP contribution is -2.24. The van der Waals surface area contributed by atoms with Crippen molar-refractivity contribution < 1.29 is 14.3 Å². The van der Waals surface area contributed by atoms with Gasteiger partial charge < -0.3 is 25.0 Å². The Morgan fingerprint density at radius 1 is 1.22 bits per heavy atom. The second kappa shape index (κ2) is 8.15. The number of ether oxygens (including phenoxy) is 2. The number of hydrogen-bond donors (Lipinski definition) is 2. The standard InChI is InChI=1S/C20H20N4O3/c1-24(2)17-5-3-4-16(9-17)22-12-15(10-21)20(25)23-11-14-6-7-18-19(8-14)27-13-26-18/h3-9,12,22H,11,13H2,1-2H3,(H,23,25)/b15-12-. The van der Waals surface area contributed by atoms with Crippen LogP contribution >= 0.6 is 0 Å². The SMILES string of the molecule is CN(C)c1cccc(N/C=C(/C#N)C(=O)NCc2ccc3c(c2)OCO3)c1. The van der Waals surface area contributed by atoms with Crippen LogP contribution in [-0.2, 0) is 11.3 Å². The van der Waals surface area contributed by atoms with Gasteiger partial charge in [-0.2, -0.15) is 5.26 Å². The predicted molar refractivity (Wildman–Crippen MR) is 102 cm³/mol. The average Bonchev–Trinajstić information content (AvgIpc) is 3.15. The number of hydrogen-bond acceptors (Lipinski definition) is 6. The van der Waals surface area contributed by atoms with E-state index in [2.05, 4.69) is 10.6 Å². The van der Waals surface area contributed by atoms with E-state index in [1.54, 1.807) is 6.07 Å². The fraction of sp³-hybridized carbons (Fsp3) is 0.200. The Morgan fingerprint density at radius 2 is 2.04 bits per heavy atom. The van der Waals surface area contributed by atoms with Crippen LogP contribution in [0.4, 0.5) is 11.4 Å². The van der Waals surface area contributed by atoms with Crippen molar-refractivity contribution in [3.8, 4) is 17.6 Å². The number of anilines is 2. The Kier molecular flexibility index (Phi) is 5.47. The van der Waals surface area contributed by atoms with Crippen molar-refractivity contribution in [3.63, 3.8) is 0 Å². The molecule has 0 spiro atoms. The van der Waals surface area contributed by atoms with Crippen molar-refractivity contribution in [1.29, 1.82) is 5.26 Å². The Balaban J connectivity index is 1.61. The van der Waals surface area contributed by atoms with Crippen molar-refractivity contribution in [1.82, 2.24) is 5.32 Å². The van der Waals surface area contributed by atoms with Crippen LogP contribution in [0.5, 0.6) is 11.5 Å². The van der Waals surface area contributed by atoms with Gasteiger partial charge in [-0.05, 0) is 35.9 Å². The zero-order valence-corrected chi connectivity index (χ0v) is 15.2. The Morgan fingerprint density at radius 3 is 2.81 bits per heavy atom. The molecule has 1 amide bonds. The average molecular weight is 364 g/mol. The molecule has 0 atom stereocenters. The molecule has 0 saturated heterocycles. The van der Waals surface area contributed by atoms with Crippen LogP contribution in [0, 0.1) is 11.3 Å². The van der Waals surface area contributed by atoms with E-state index in [1.807, 2.05) is 61.5 Å². The number of carbonyl (C=O) groups excluding carboxylic acids is 1. The fourth-order valence-electron chi connectivity index (χ4n) is 2.51. The molecule has 0 saturated carbocycles. The van der Waals surface area contributed by atoms with Crippen molar-refractivity contribution in [2.24, 2.45) is 0 Å². The molecule has 0 bridgehead atoms. The molecular weight excluding hydrogens is 344 g/mol. The summed E-state index contributed by atoms with van der Waals surface area (Å²) in [5, 5.41) is 15.0. The first-order chi connectivity index (χ1) is 13.1. The molecule has 2 aromatic rings. The molecule has 3 rings (SSSR count). The van der Waals surface area contributed by atoms with Crippen LogP contribution in [-0.4, -0.2) is 26.8 Å². The largest absolute Gasteiger partial charge is 0.454 e. The van der Waals surface area contributed by atoms with Gasteiger partial charge >= 0.3 is 0 Å². The third kappa shape index (κ3) is 4.50. The summed E-state index contributed by atoms with van der Waals surface area (Å²) in [5.74, 6) is 0.888. The molecule has 2 N–H and O–H groups in total. The summed E-state index contributed by atoms with van der Waals surface area (Å²) in [6.07, 6.45) is 1.41. The smallest absolute Gasteiger partial charge is 0.263 e. The third-order valence-electron chi connectivity index (χ3n) is 4.00. The van der Waals surface area contributed by atoms with Crippen LogP contribution in [0.1, 0.15) is 5.56 Å². The molecule has 2 aromatic carbocycles. The van der Waals surface area contributed by atoms with Crippen LogP contribution in [0.3, 0.4) is 0 Å². The topological polar surface area (TPSA) is 86.6 Å². The number of nitrogens with zero attached hydrogens (tertiary/aromatic N) is 2. The molecule has 7 heteroatoms. The molecule has 138 valence electrons. The van der Waals surface area contributed by atoms with Gasteiger partial charge in [-0.25, -0.2) is 0 Å². The molecule has 1 heterocycles. The number of carbonyl (C=O) groups is 1. The van der Waals surface area contributed by atoms with Gasteiger partial charge in [0, 0.05) is 38.2 Å². The number of amides is 1. The first-order valence-electron chi connectivity index (χ1n) is 8.38. The van der Waals surface area contributed by atoms with E-state index in [9.17, 15) is 10.1 Å². The number of fused-ring (bicyclic) bond motifs is 1. The zero-order valence-electron chi connectivity index (χ0n) is 15.2. The summed E-state index contributed by atoms with van der Waals surface area (Å²) in [6.45, 7) is 0.484. The van der Waals surface area contributed by atoms with E-state index in [-0.39, 0.29) is 18.9 Å². The highest BCUT2D eigenvalue weighted by atomic mass is 16.7. The van der Waals surface area contributed by atoms with E-state index in [0.29, 0.717) is 11.5 Å². The minimum absolute atomic E-state index is 0.00833. The van der Waals surface area contributed by atoms with Crippen LogP contribution in [0.25, 0.3) is 0 Å². The van der Waals surface area contributed by atoms with E-state index in [1.165, 1.54) is 6.20 Å². The van der Waals surface area contributed by atoms with E-state index < -0.39 is 5.91 Å². The molecule has 0 aromatic heterocycles. The van der Waals surface area contributed by atoms with E-state index in [4.69, 9.17) is 9.47 Å². The van der Waals surface area contributed by atoms with Gasteiger partial charge in [-0.15, -0.1) is 0 Å². The second-order valence-electron chi connectivity index (χ2n) is 6.13. The maximum absolute atomic E-state index is 12.3. The van der Waals surface area contributed by atoms with Gasteiger partial charge in [-0.1, -0.05) is 12.1 Å². The number of benzene rings is 2. The highest BCUT2D eigenvalue weighted by Crippen LogP contribution is 2.32. The molecule has 1 aliphatic rings. The molecule has 0 fully saturated rings. The van der Waals surface area contributed by atoms with Gasteiger partial charge in [0.25, 0.3) is 5.91 Å². The summed E-state index contributed by atoms with van der Waals surface area (Å²) in [5.41, 5.74) is 2.65. The predicted octanol–water partition coefficient (Wildman–Crippen LogP) is 2.62. The van der Waals surface area contributed by atoms with Crippen molar-refractivity contribution in [2.75, 3.05) is 31.1 Å². The maximum Gasteiger partial charge on any atom is 0.263 e. The Labute approximate surface area is 157 Å². The van der Waals surface area contributed by atoms with Crippen molar-refractivity contribution >= 4 is 17.3 Å². The normalized spacial score (nSPS) is 12.3. The van der Waals surface area contributed by atoms with Gasteiger partial charge in [-0.3, -0.25) is 4.79 Å². The molecule has 0 aliphatic carbocycles. The monoisotopic (exact) mass is 364 g/mol. The van der Waals surface area contributed by atoms with Gasteiger partial charge in [0.05, 0.1) is 0 Å². The van der Waals surface area contributed by atoms with Gasteiger partial charge in [0.15, 0.2) is 11.5 Å². The quantitative estimate of drug-likeness (QED) is 0.605. The van der Waals surface area contributed by atoms with Crippen LogP contribution in [0.2, 0.25) is 0 Å². The second-order valence-corrected chi connectivity index (χ2v) is 6.13. The summed E-state index contributed by atoms with van der Waals surface area (Å²) >= 11 is 0. The third-order valence-corrected chi connectivity index (χ3v) is 4.00. The lowest BCUT2D eigenvalue weighted by molar-refractivity contribution is -0.117. The molecule has 27 heavy (non-hydrogen) atoms. The van der Waals surface area contributed by atoms with Gasteiger partial charge in [0.2, 0.25) is 6.79 Å². The highest BCUT2D eigenvalue weighted by molar-refractivity contribution is 5.97. The Bertz CT molecular complexity index is 916. The number of nitriles is 1. The van der Waals surface area contributed by atoms with Crippen LogP contribution in [0.15, 0.2) is 54.2 Å². The number of rotatable bonds is 6. The van der Waals surface area contributed by atoms with Gasteiger partial charge in [0.1, 0.15) is 11.6 Å². The minimum atomic E-state index is -0.452. The first kappa shape index (κ1) is 18.1. The summed E-state index contributed by atoms with van der Waals surface area (Å²) in [6, 6.07) is 15.0. The lowest BCUT2D eigenvalue weighted by Gasteiger charge is -2.13. The minimum Gasteiger partial charge on any atom is -0.454 e. The van der Waals surface area contributed by atoms with Crippen LogP contribution < -0.4 is 25.0 Å². The molecule has 0 unspecified atom stereocenters. The first-order valence-corrected chi connectivity index (χ1v) is 8.38. The molecule has 0 radical (unpaired) electrons. The van der Waals surface area contributed by atoms with Crippen molar-refractivity contribution in [2.45, 2.75) is 6.54 Å². The number of nitrogens with one attached hydrogen (secondary N) is 2. The van der Waals surface area contributed by atoms with E-state index in [0.717, 1.165) is 16.9 Å². The lowest BCUT2D eigenvalue weighted by atomic mass is 10.2. The fourth-order valence-corrected chi connectivity index (χ4v) is 2.51. The molecule has 1 aliphatic heterocycles. The van der Waals surface area contributed by atoms with E-state index >= 15 is 0 Å². The summed E-state index contributed by atoms with van der Waals surface area (Å²) in [7, 11) is 3.89. The van der Waals surface area contributed by atoms with Crippen molar-refractivity contribution in [3.05, 3.63) is 59.8 Å². The zero-order chi connectivity index (χ0) is 19.2. The summed E-state index contributed by atoms with van der Waals surface area (Å²) < 4.78 is 10.6. The summed E-state index contributed by atoms with van der Waals surface area (Å²) in [4.78, 5) is 14.2. The molecule has 7 nitrogen and oxygen atoms in total. The Hall–Kier alpha value is -3.66. The maximum atomic E-state index is 12.3.